The molecule has 0 bridgehead atoms. The maximum atomic E-state index is 14.0. The molecule has 17 heteroatoms. The number of hydrogen-bond acceptors (Lipinski definition) is 9. The summed E-state index contributed by atoms with van der Waals surface area (Å²) in [5, 5.41) is 4.84. The zero-order chi connectivity index (χ0) is 38.7. The van der Waals surface area contributed by atoms with Crippen molar-refractivity contribution >= 4 is 50.9 Å². The lowest BCUT2D eigenvalue weighted by atomic mass is 9.93. The number of aryl methyl sites for hydroxylation is 1. The molecule has 0 spiro atoms. The van der Waals surface area contributed by atoms with E-state index in [4.69, 9.17) is 4.74 Å². The molecule has 3 aliphatic carbocycles. The number of benzene rings is 1. The van der Waals surface area contributed by atoms with E-state index in [1.807, 2.05) is 6.92 Å². The summed E-state index contributed by atoms with van der Waals surface area (Å²) in [5.74, 6) is -4.61. The molecule has 12 nitrogen and oxygen atoms in total. The number of thiazole rings is 1. The predicted molar refractivity (Wildman–Crippen MR) is 193 cm³/mol. The van der Waals surface area contributed by atoms with Gasteiger partial charge in [-0.25, -0.2) is 18.2 Å². The molecule has 3 aliphatic rings. The van der Waals surface area contributed by atoms with E-state index in [0.717, 1.165) is 29.9 Å². The number of carbonyl (C=O) groups excluding carboxylic acids is 4. The third kappa shape index (κ3) is 9.28. The number of amides is 4. The zero-order valence-corrected chi connectivity index (χ0v) is 31.2. The molecule has 53 heavy (non-hydrogen) atoms. The number of ether oxygens (including phenoxy) is 1. The van der Waals surface area contributed by atoms with Crippen LogP contribution in [0.5, 0.6) is 0 Å². The molecule has 288 valence electrons. The quantitative estimate of drug-likeness (QED) is 0.142. The van der Waals surface area contributed by atoms with Gasteiger partial charge in [0, 0.05) is 36.1 Å². The van der Waals surface area contributed by atoms with Gasteiger partial charge >= 0.3 is 12.3 Å². The third-order valence-corrected chi connectivity index (χ3v) is 12.9. The fourth-order valence-electron chi connectivity index (χ4n) is 6.61. The lowest BCUT2D eigenvalue weighted by molar-refractivity contribution is -0.140. The number of unbranched alkanes of at least 4 members (excludes halogenated alkanes) is 2. The summed E-state index contributed by atoms with van der Waals surface area (Å²) in [6, 6.07) is 2.92. The van der Waals surface area contributed by atoms with Gasteiger partial charge in [-0.05, 0) is 76.0 Å². The van der Waals surface area contributed by atoms with Crippen LogP contribution in [0.2, 0.25) is 0 Å². The number of anilines is 1. The first-order valence-electron chi connectivity index (χ1n) is 17.5. The average Bonchev–Trinajstić information content (AvgIpc) is 3.99. The summed E-state index contributed by atoms with van der Waals surface area (Å²) in [6.07, 6.45) is 1.61. The lowest BCUT2D eigenvalue weighted by Crippen LogP contribution is -2.54. The number of allylic oxidation sites excluding steroid dienone is 1. The Morgan fingerprint density at radius 1 is 1.13 bits per heavy atom. The molecule has 4 amide bonds. The highest BCUT2D eigenvalue weighted by Gasteiger charge is 2.62. The minimum Gasteiger partial charge on any atom is -0.446 e. The standard InChI is InChI=1S/C36H44F3N5O7S2/c1-5-8-9-10-15-44(4)32(46)28-18-23(17-27(28)30(45)42-35(19-21(35)6-2)33(47)43-53(49,50)25-12-13-25)51-34(48)41-29-16-22(36(37,38)39)11-14-26(29)31-40-20-24(7-3)52-31/h5-6,11,14,16,20-21,23,25,27-28H,1-2,7-10,12-13,15,17-19H2,3-4H3,(H,41,48)(H,42,45)(H,43,47). The van der Waals surface area contributed by atoms with Crippen LogP contribution in [0.3, 0.4) is 0 Å². The monoisotopic (exact) mass is 779 g/mol. The van der Waals surface area contributed by atoms with Gasteiger partial charge in [-0.2, -0.15) is 13.2 Å². The highest BCUT2D eigenvalue weighted by molar-refractivity contribution is 7.91. The Balaban J connectivity index is 1.35. The van der Waals surface area contributed by atoms with Crippen molar-refractivity contribution in [1.82, 2.24) is 19.9 Å². The molecule has 0 aliphatic heterocycles. The molecule has 5 rings (SSSR count). The van der Waals surface area contributed by atoms with Crippen molar-refractivity contribution in [2.24, 2.45) is 17.8 Å². The Morgan fingerprint density at radius 3 is 2.45 bits per heavy atom. The van der Waals surface area contributed by atoms with Gasteiger partial charge in [0.15, 0.2) is 0 Å². The topological polar surface area (TPSA) is 164 Å². The van der Waals surface area contributed by atoms with Gasteiger partial charge in [0.25, 0.3) is 5.91 Å². The molecular weight excluding hydrogens is 736 g/mol. The number of sulfonamides is 1. The van der Waals surface area contributed by atoms with Gasteiger partial charge in [-0.1, -0.05) is 19.1 Å². The maximum absolute atomic E-state index is 14.0. The van der Waals surface area contributed by atoms with Crippen LogP contribution < -0.4 is 15.4 Å². The number of carbonyl (C=O) groups is 4. The second kappa shape index (κ2) is 16.0. The van der Waals surface area contributed by atoms with Crippen LogP contribution in [-0.2, 0) is 41.7 Å². The van der Waals surface area contributed by atoms with E-state index >= 15 is 0 Å². The van der Waals surface area contributed by atoms with E-state index in [9.17, 15) is 40.8 Å². The average molecular weight is 780 g/mol. The van der Waals surface area contributed by atoms with Crippen LogP contribution in [0.15, 0.2) is 49.7 Å². The summed E-state index contributed by atoms with van der Waals surface area (Å²) in [5.41, 5.74) is -2.51. The molecular formula is C36H44F3N5O7S2. The smallest absolute Gasteiger partial charge is 0.416 e. The molecule has 0 radical (unpaired) electrons. The van der Waals surface area contributed by atoms with Crippen molar-refractivity contribution in [2.75, 3.05) is 18.9 Å². The highest BCUT2D eigenvalue weighted by atomic mass is 32.2. The van der Waals surface area contributed by atoms with Gasteiger partial charge in [0.1, 0.15) is 16.7 Å². The van der Waals surface area contributed by atoms with Crippen LogP contribution in [-0.4, -0.2) is 72.6 Å². The Kier molecular flexibility index (Phi) is 12.1. The van der Waals surface area contributed by atoms with Crippen LogP contribution in [0.4, 0.5) is 23.7 Å². The van der Waals surface area contributed by atoms with Crippen molar-refractivity contribution in [3.8, 4) is 10.6 Å². The summed E-state index contributed by atoms with van der Waals surface area (Å²) < 4.78 is 74.0. The lowest BCUT2D eigenvalue weighted by Gasteiger charge is -2.26. The highest BCUT2D eigenvalue weighted by Crippen LogP contribution is 2.46. The van der Waals surface area contributed by atoms with Crippen LogP contribution in [0, 0.1) is 17.8 Å². The number of rotatable bonds is 16. The number of aromatic nitrogens is 1. The van der Waals surface area contributed by atoms with Gasteiger partial charge < -0.3 is 15.0 Å². The molecule has 5 atom stereocenters. The van der Waals surface area contributed by atoms with E-state index in [0.29, 0.717) is 37.2 Å². The van der Waals surface area contributed by atoms with Crippen LogP contribution in [0.25, 0.3) is 10.6 Å². The second-order valence-electron chi connectivity index (χ2n) is 13.8. The van der Waals surface area contributed by atoms with E-state index in [1.54, 1.807) is 19.3 Å². The Bertz CT molecular complexity index is 1860. The Hall–Kier alpha value is -4.25. The molecule has 1 heterocycles. The molecule has 3 N–H and O–H groups in total. The molecule has 0 saturated heterocycles. The molecule has 3 fully saturated rings. The zero-order valence-electron chi connectivity index (χ0n) is 29.5. The summed E-state index contributed by atoms with van der Waals surface area (Å²) >= 11 is 1.27. The third-order valence-electron chi connectivity index (χ3n) is 9.94. The molecule has 2 aromatic rings. The van der Waals surface area contributed by atoms with E-state index in [1.165, 1.54) is 28.4 Å². The molecule has 1 aromatic carbocycles. The van der Waals surface area contributed by atoms with Crippen molar-refractivity contribution in [2.45, 2.75) is 87.8 Å². The first-order chi connectivity index (χ1) is 25.0. The SMILES string of the molecule is C=CCCCCN(C)C(=O)C1CC(OC(=O)Nc2cc(C(F)(F)F)ccc2-c2ncc(CC)s2)CC1C(=O)NC1(C(=O)NS(=O)(=O)C2CC2)CC1C=C. The summed E-state index contributed by atoms with van der Waals surface area (Å²) in [4.78, 5) is 61.1. The van der Waals surface area contributed by atoms with Crippen molar-refractivity contribution in [3.63, 3.8) is 0 Å². The minimum atomic E-state index is -4.70. The molecule has 1 aromatic heterocycles. The van der Waals surface area contributed by atoms with Crippen molar-refractivity contribution in [1.29, 1.82) is 0 Å². The van der Waals surface area contributed by atoms with Crippen LogP contribution >= 0.6 is 11.3 Å². The normalized spacial score (nSPS) is 23.8. The van der Waals surface area contributed by atoms with Crippen molar-refractivity contribution < 1.29 is 45.5 Å². The number of halogens is 3. The fourth-order valence-corrected chi connectivity index (χ4v) is 8.86. The number of nitrogens with one attached hydrogen (secondary N) is 3. The minimum absolute atomic E-state index is 0.0801. The van der Waals surface area contributed by atoms with E-state index in [2.05, 4.69) is 33.5 Å². The fraction of sp³-hybridized carbons (Fsp3) is 0.528. The summed E-state index contributed by atoms with van der Waals surface area (Å²) in [6.45, 7) is 9.69. The Labute approximate surface area is 310 Å². The first-order valence-corrected chi connectivity index (χ1v) is 19.9. The number of hydrogen-bond donors (Lipinski definition) is 3. The number of nitrogens with zero attached hydrogens (tertiary/aromatic N) is 2. The van der Waals surface area contributed by atoms with Gasteiger partial charge in [0.05, 0.1) is 28.3 Å². The predicted octanol–water partition coefficient (Wildman–Crippen LogP) is 5.82. The van der Waals surface area contributed by atoms with E-state index < -0.39 is 80.2 Å². The second-order valence-corrected chi connectivity index (χ2v) is 16.9. The maximum Gasteiger partial charge on any atom is 0.416 e. The van der Waals surface area contributed by atoms with Crippen LogP contribution in [0.1, 0.15) is 68.7 Å². The van der Waals surface area contributed by atoms with Gasteiger partial charge in [-0.3, -0.25) is 24.4 Å². The largest absolute Gasteiger partial charge is 0.446 e. The van der Waals surface area contributed by atoms with Gasteiger partial charge in [0.2, 0.25) is 21.8 Å². The van der Waals surface area contributed by atoms with E-state index in [-0.39, 0.29) is 30.5 Å². The number of alkyl halides is 3. The molecule has 5 unspecified atom stereocenters. The summed E-state index contributed by atoms with van der Waals surface area (Å²) in [7, 11) is -2.33. The molecule has 3 saturated carbocycles. The van der Waals surface area contributed by atoms with Gasteiger partial charge in [-0.15, -0.1) is 24.5 Å². The first kappa shape index (κ1) is 39.9. The Morgan fingerprint density at radius 2 is 1.85 bits per heavy atom. The van der Waals surface area contributed by atoms with Crippen molar-refractivity contribution in [3.05, 3.63) is 60.1 Å².